The van der Waals surface area contributed by atoms with E-state index in [0.717, 1.165) is 22.7 Å². The van der Waals surface area contributed by atoms with Gasteiger partial charge in [0.25, 0.3) is 0 Å². The van der Waals surface area contributed by atoms with Gasteiger partial charge in [0.15, 0.2) is 5.76 Å². The van der Waals surface area contributed by atoms with Crippen molar-refractivity contribution in [3.05, 3.63) is 54.3 Å². The molecule has 0 unspecified atom stereocenters. The Labute approximate surface area is 105 Å². The van der Waals surface area contributed by atoms with Crippen LogP contribution in [0.25, 0.3) is 17.1 Å². The normalized spacial score (nSPS) is 10.7. The molecule has 2 heterocycles. The fourth-order valence-electron chi connectivity index (χ4n) is 1.92. The van der Waals surface area contributed by atoms with E-state index in [2.05, 4.69) is 5.10 Å². The molecule has 0 saturated heterocycles. The van der Waals surface area contributed by atoms with E-state index in [1.54, 1.807) is 10.9 Å². The molecule has 0 atom stereocenters. The lowest BCUT2D eigenvalue weighted by molar-refractivity contribution is 0.578. The third kappa shape index (κ3) is 1.59. The SMILES string of the molecule is Cc1c(-c2ccco2)nn(-c2ccccc2)c1N. The zero-order valence-electron chi connectivity index (χ0n) is 10.00. The molecule has 0 aliphatic rings. The highest BCUT2D eigenvalue weighted by Gasteiger charge is 2.15. The summed E-state index contributed by atoms with van der Waals surface area (Å²) in [7, 11) is 0. The maximum absolute atomic E-state index is 6.10. The average molecular weight is 239 g/mol. The smallest absolute Gasteiger partial charge is 0.154 e. The number of aromatic nitrogens is 2. The summed E-state index contributed by atoms with van der Waals surface area (Å²) in [5, 5.41) is 4.52. The van der Waals surface area contributed by atoms with Crippen LogP contribution in [0.15, 0.2) is 53.1 Å². The number of benzene rings is 1. The second-order valence-electron chi connectivity index (χ2n) is 4.08. The maximum Gasteiger partial charge on any atom is 0.154 e. The number of nitrogens with zero attached hydrogens (tertiary/aromatic N) is 2. The van der Waals surface area contributed by atoms with Gasteiger partial charge in [-0.25, -0.2) is 4.68 Å². The first-order chi connectivity index (χ1) is 8.77. The molecule has 0 aliphatic carbocycles. The minimum Gasteiger partial charge on any atom is -0.463 e. The Hall–Kier alpha value is -2.49. The molecule has 3 rings (SSSR count). The third-order valence-electron chi connectivity index (χ3n) is 2.92. The van der Waals surface area contributed by atoms with Gasteiger partial charge < -0.3 is 10.2 Å². The molecule has 4 heteroatoms. The lowest BCUT2D eigenvalue weighted by Gasteiger charge is -2.02. The molecule has 90 valence electrons. The summed E-state index contributed by atoms with van der Waals surface area (Å²) in [4.78, 5) is 0. The lowest BCUT2D eigenvalue weighted by Crippen LogP contribution is -2.01. The molecule has 4 nitrogen and oxygen atoms in total. The second kappa shape index (κ2) is 4.07. The van der Waals surface area contributed by atoms with Gasteiger partial charge in [-0.2, -0.15) is 5.10 Å². The van der Waals surface area contributed by atoms with Crippen molar-refractivity contribution in [1.82, 2.24) is 9.78 Å². The van der Waals surface area contributed by atoms with Crippen molar-refractivity contribution in [3.63, 3.8) is 0 Å². The van der Waals surface area contributed by atoms with Crippen LogP contribution in [0.5, 0.6) is 0 Å². The first kappa shape index (κ1) is 10.7. The molecule has 0 fully saturated rings. The number of nitrogens with two attached hydrogens (primary N) is 1. The summed E-state index contributed by atoms with van der Waals surface area (Å²) < 4.78 is 7.10. The van der Waals surface area contributed by atoms with Crippen LogP contribution in [0.3, 0.4) is 0 Å². The summed E-state index contributed by atoms with van der Waals surface area (Å²) in [6.07, 6.45) is 1.63. The van der Waals surface area contributed by atoms with Gasteiger partial charge in [-0.1, -0.05) is 18.2 Å². The Balaban J connectivity index is 2.16. The predicted octanol–water partition coefficient (Wildman–Crippen LogP) is 3.02. The van der Waals surface area contributed by atoms with Crippen LogP contribution in [0.2, 0.25) is 0 Å². The zero-order chi connectivity index (χ0) is 12.5. The van der Waals surface area contributed by atoms with Crippen LogP contribution in [0.4, 0.5) is 5.82 Å². The Kier molecular flexibility index (Phi) is 2.41. The average Bonchev–Trinajstić information content (AvgIpc) is 3.01. The first-order valence-corrected chi connectivity index (χ1v) is 5.72. The van der Waals surface area contributed by atoms with Gasteiger partial charge in [-0.3, -0.25) is 0 Å². The molecule has 18 heavy (non-hydrogen) atoms. The summed E-state index contributed by atoms with van der Waals surface area (Å²) in [5.74, 6) is 1.36. The third-order valence-corrected chi connectivity index (χ3v) is 2.92. The van der Waals surface area contributed by atoms with E-state index < -0.39 is 0 Å². The van der Waals surface area contributed by atoms with E-state index in [1.165, 1.54) is 0 Å². The fraction of sp³-hybridized carbons (Fsp3) is 0.0714. The number of nitrogen functional groups attached to an aromatic ring is 1. The van der Waals surface area contributed by atoms with Crippen LogP contribution in [-0.2, 0) is 0 Å². The minimum absolute atomic E-state index is 0.632. The van der Waals surface area contributed by atoms with Gasteiger partial charge in [0.1, 0.15) is 11.5 Å². The molecule has 0 spiro atoms. The van der Waals surface area contributed by atoms with Gasteiger partial charge in [0.05, 0.1) is 12.0 Å². The number of anilines is 1. The molecule has 1 aromatic carbocycles. The van der Waals surface area contributed by atoms with Crippen molar-refractivity contribution in [1.29, 1.82) is 0 Å². The van der Waals surface area contributed by atoms with Gasteiger partial charge >= 0.3 is 0 Å². The number of rotatable bonds is 2. The van der Waals surface area contributed by atoms with Crippen molar-refractivity contribution in [2.75, 3.05) is 5.73 Å². The Morgan fingerprint density at radius 1 is 1.11 bits per heavy atom. The van der Waals surface area contributed by atoms with Crippen LogP contribution in [-0.4, -0.2) is 9.78 Å². The monoisotopic (exact) mass is 239 g/mol. The molecule has 0 bridgehead atoms. The van der Waals surface area contributed by atoms with Gasteiger partial charge in [0.2, 0.25) is 0 Å². The van der Waals surface area contributed by atoms with E-state index in [0.29, 0.717) is 5.82 Å². The fourth-order valence-corrected chi connectivity index (χ4v) is 1.92. The van der Waals surface area contributed by atoms with E-state index >= 15 is 0 Å². The highest BCUT2D eigenvalue weighted by atomic mass is 16.3. The van der Waals surface area contributed by atoms with Gasteiger partial charge in [0, 0.05) is 5.56 Å². The number of hydrogen-bond acceptors (Lipinski definition) is 3. The topological polar surface area (TPSA) is 57.0 Å². The van der Waals surface area contributed by atoms with Crippen molar-refractivity contribution < 1.29 is 4.42 Å². The van der Waals surface area contributed by atoms with Crippen molar-refractivity contribution in [3.8, 4) is 17.1 Å². The summed E-state index contributed by atoms with van der Waals surface area (Å²) in [6, 6.07) is 13.5. The predicted molar refractivity (Wildman–Crippen MR) is 70.4 cm³/mol. The molecule has 2 N–H and O–H groups in total. The number of furan rings is 1. The molecule has 0 amide bonds. The Morgan fingerprint density at radius 2 is 1.89 bits per heavy atom. The van der Waals surface area contributed by atoms with Crippen molar-refractivity contribution in [2.45, 2.75) is 6.92 Å². The highest BCUT2D eigenvalue weighted by Crippen LogP contribution is 2.28. The molecule has 0 aliphatic heterocycles. The van der Waals surface area contributed by atoms with Gasteiger partial charge in [-0.05, 0) is 31.2 Å². The number of para-hydroxylation sites is 1. The standard InChI is InChI=1S/C14H13N3O/c1-10-13(12-8-5-9-18-12)16-17(14(10)15)11-6-3-2-4-7-11/h2-9H,15H2,1H3. The summed E-state index contributed by atoms with van der Waals surface area (Å²) in [6.45, 7) is 1.94. The second-order valence-corrected chi connectivity index (χ2v) is 4.08. The number of hydrogen-bond donors (Lipinski definition) is 1. The Bertz CT molecular complexity index is 654. The largest absolute Gasteiger partial charge is 0.463 e. The molecule has 2 aromatic heterocycles. The van der Waals surface area contributed by atoms with E-state index in [4.69, 9.17) is 10.2 Å². The first-order valence-electron chi connectivity index (χ1n) is 5.72. The lowest BCUT2D eigenvalue weighted by atomic mass is 10.2. The molecule has 0 radical (unpaired) electrons. The highest BCUT2D eigenvalue weighted by molar-refractivity contribution is 5.65. The molecular formula is C14H13N3O. The zero-order valence-corrected chi connectivity index (χ0v) is 10.00. The molecular weight excluding hydrogens is 226 g/mol. The molecule has 3 aromatic rings. The van der Waals surface area contributed by atoms with E-state index in [1.807, 2.05) is 49.4 Å². The van der Waals surface area contributed by atoms with Crippen molar-refractivity contribution >= 4 is 5.82 Å². The van der Waals surface area contributed by atoms with Crippen LogP contribution in [0, 0.1) is 6.92 Å². The van der Waals surface area contributed by atoms with E-state index in [-0.39, 0.29) is 0 Å². The van der Waals surface area contributed by atoms with Crippen LogP contribution >= 0.6 is 0 Å². The summed E-state index contributed by atoms with van der Waals surface area (Å²) >= 11 is 0. The quantitative estimate of drug-likeness (QED) is 0.747. The van der Waals surface area contributed by atoms with E-state index in [9.17, 15) is 0 Å². The van der Waals surface area contributed by atoms with Gasteiger partial charge in [-0.15, -0.1) is 0 Å². The molecule has 0 saturated carbocycles. The van der Waals surface area contributed by atoms with Crippen LogP contribution in [0.1, 0.15) is 5.56 Å². The minimum atomic E-state index is 0.632. The Morgan fingerprint density at radius 3 is 2.56 bits per heavy atom. The maximum atomic E-state index is 6.10. The van der Waals surface area contributed by atoms with Crippen LogP contribution < -0.4 is 5.73 Å². The summed E-state index contributed by atoms with van der Waals surface area (Å²) in [5.41, 5.74) is 8.74. The van der Waals surface area contributed by atoms with Crippen molar-refractivity contribution in [2.24, 2.45) is 0 Å².